The van der Waals surface area contributed by atoms with E-state index in [1.54, 1.807) is 5.56 Å². The van der Waals surface area contributed by atoms with E-state index in [2.05, 4.69) is 54.6 Å². The molecule has 0 atom stereocenters. The van der Waals surface area contributed by atoms with Crippen molar-refractivity contribution >= 4 is 0 Å². The van der Waals surface area contributed by atoms with Crippen molar-refractivity contribution in [1.82, 2.24) is 0 Å². The van der Waals surface area contributed by atoms with Gasteiger partial charge in [0.25, 0.3) is 0 Å². The Bertz CT molecular complexity index is 659. The Morgan fingerprint density at radius 1 is 0.625 bits per heavy atom. The van der Waals surface area contributed by atoms with Gasteiger partial charge < -0.3 is 0 Å². The Kier molecular flexibility index (Phi) is 3.54. The van der Waals surface area contributed by atoms with E-state index < -0.39 is 0 Å². The molecule has 4 aliphatic carbocycles. The van der Waals surface area contributed by atoms with Gasteiger partial charge in [-0.05, 0) is 91.2 Å². The number of benzene rings is 2. The van der Waals surface area contributed by atoms with Gasteiger partial charge in [0.05, 0.1) is 0 Å². The van der Waals surface area contributed by atoms with Crippen LogP contribution in [-0.4, -0.2) is 0 Å². The lowest BCUT2D eigenvalue weighted by Gasteiger charge is -2.57. The molecule has 0 nitrogen and oxygen atoms in total. The van der Waals surface area contributed by atoms with Gasteiger partial charge in [-0.15, -0.1) is 0 Å². The van der Waals surface area contributed by atoms with Crippen molar-refractivity contribution in [2.45, 2.75) is 56.8 Å². The van der Waals surface area contributed by atoms with Gasteiger partial charge in [0.2, 0.25) is 0 Å². The van der Waals surface area contributed by atoms with Crippen molar-refractivity contribution in [2.24, 2.45) is 17.8 Å². The average Bonchev–Trinajstić information content (AvgIpc) is 2.60. The maximum absolute atomic E-state index is 2.48. The van der Waals surface area contributed by atoms with Crippen molar-refractivity contribution in [3.63, 3.8) is 0 Å². The molecule has 4 fully saturated rings. The summed E-state index contributed by atoms with van der Waals surface area (Å²) >= 11 is 0. The summed E-state index contributed by atoms with van der Waals surface area (Å²) in [5, 5.41) is 0. The second-order valence-corrected chi connectivity index (χ2v) is 8.88. The molecule has 4 aliphatic rings. The van der Waals surface area contributed by atoms with Gasteiger partial charge >= 0.3 is 0 Å². The molecule has 0 saturated heterocycles. The zero-order valence-electron chi connectivity index (χ0n) is 14.6. The Balaban J connectivity index is 1.32. The highest BCUT2D eigenvalue weighted by molar-refractivity contribution is 5.32. The van der Waals surface area contributed by atoms with E-state index in [0.717, 1.165) is 30.6 Å². The van der Waals surface area contributed by atoms with Crippen LogP contribution in [0.3, 0.4) is 0 Å². The second kappa shape index (κ2) is 5.76. The number of rotatable bonds is 4. The molecule has 0 unspecified atom stereocenters. The molecule has 6 rings (SSSR count). The van der Waals surface area contributed by atoms with Gasteiger partial charge in [-0.1, -0.05) is 54.6 Å². The summed E-state index contributed by atoms with van der Waals surface area (Å²) in [5.41, 5.74) is 5.15. The molecule has 2 aromatic carbocycles. The molecule has 24 heavy (non-hydrogen) atoms. The maximum atomic E-state index is 2.48. The van der Waals surface area contributed by atoms with E-state index in [-0.39, 0.29) is 0 Å². The zero-order chi connectivity index (χ0) is 16.0. The molecule has 0 N–H and O–H groups in total. The number of hydrogen-bond donors (Lipinski definition) is 0. The first-order valence-electron chi connectivity index (χ1n) is 9.92. The molecule has 0 aliphatic heterocycles. The van der Waals surface area contributed by atoms with Crippen LogP contribution in [0.1, 0.15) is 55.2 Å². The second-order valence-electron chi connectivity index (χ2n) is 8.88. The first-order chi connectivity index (χ1) is 11.8. The third kappa shape index (κ3) is 2.61. The Hall–Kier alpha value is -1.56. The third-order valence-corrected chi connectivity index (χ3v) is 7.15. The zero-order valence-corrected chi connectivity index (χ0v) is 14.6. The van der Waals surface area contributed by atoms with Crippen molar-refractivity contribution in [3.8, 4) is 0 Å². The summed E-state index contributed by atoms with van der Waals surface area (Å²) in [6.45, 7) is 0. The van der Waals surface area contributed by atoms with Gasteiger partial charge in [0.1, 0.15) is 0 Å². The number of aryl methyl sites for hydroxylation is 2. The van der Waals surface area contributed by atoms with E-state index in [1.807, 2.05) is 0 Å². The van der Waals surface area contributed by atoms with Crippen LogP contribution in [0.5, 0.6) is 0 Å². The Morgan fingerprint density at radius 2 is 1.12 bits per heavy atom. The molecule has 0 radical (unpaired) electrons. The summed E-state index contributed by atoms with van der Waals surface area (Å²) in [6, 6.07) is 20.7. The highest BCUT2D eigenvalue weighted by atomic mass is 14.6. The minimum Gasteiger partial charge on any atom is -0.0622 e. The van der Waals surface area contributed by atoms with Crippen LogP contribution >= 0.6 is 0 Å². The normalized spacial score (nSPS) is 33.8. The molecule has 0 heterocycles. The summed E-state index contributed by atoms with van der Waals surface area (Å²) in [6.07, 6.45) is 11.3. The molecule has 0 aromatic heterocycles. The largest absolute Gasteiger partial charge is 0.0622 e. The summed E-state index contributed by atoms with van der Waals surface area (Å²) in [5.74, 6) is 3.11. The molecule has 0 spiro atoms. The van der Waals surface area contributed by atoms with Crippen LogP contribution in [0.2, 0.25) is 0 Å². The molecule has 2 aromatic rings. The molecule has 0 amide bonds. The van der Waals surface area contributed by atoms with Gasteiger partial charge in [-0.2, -0.15) is 0 Å². The molecule has 4 saturated carbocycles. The lowest BCUT2D eigenvalue weighted by atomic mass is 9.48. The monoisotopic (exact) mass is 316 g/mol. The quantitative estimate of drug-likeness (QED) is 0.655. The molecular weight excluding hydrogens is 288 g/mol. The van der Waals surface area contributed by atoms with Crippen molar-refractivity contribution in [2.75, 3.05) is 0 Å². The van der Waals surface area contributed by atoms with Crippen molar-refractivity contribution < 1.29 is 0 Å². The van der Waals surface area contributed by atoms with E-state index in [9.17, 15) is 0 Å². The summed E-state index contributed by atoms with van der Waals surface area (Å²) < 4.78 is 0. The predicted octanol–water partition coefficient (Wildman–Crippen LogP) is 5.94. The fourth-order valence-electron chi connectivity index (χ4n) is 6.42. The fourth-order valence-corrected chi connectivity index (χ4v) is 6.42. The van der Waals surface area contributed by atoms with E-state index in [1.165, 1.54) is 49.7 Å². The van der Waals surface area contributed by atoms with E-state index >= 15 is 0 Å². The van der Waals surface area contributed by atoms with E-state index in [4.69, 9.17) is 0 Å². The smallest absolute Gasteiger partial charge is 0.00391 e. The first kappa shape index (κ1) is 14.8. The predicted molar refractivity (Wildman–Crippen MR) is 100 cm³/mol. The summed E-state index contributed by atoms with van der Waals surface area (Å²) in [7, 11) is 0. The lowest BCUT2D eigenvalue weighted by molar-refractivity contribution is -0.00519. The molecule has 0 heteroatoms. The average molecular weight is 316 g/mol. The minimum absolute atomic E-state index is 0.548. The van der Waals surface area contributed by atoms with E-state index in [0.29, 0.717) is 5.41 Å². The van der Waals surface area contributed by atoms with Crippen LogP contribution in [0.15, 0.2) is 54.6 Å². The molecule has 124 valence electrons. The lowest BCUT2D eigenvalue weighted by Crippen LogP contribution is -2.48. The van der Waals surface area contributed by atoms with Gasteiger partial charge in [0.15, 0.2) is 0 Å². The van der Waals surface area contributed by atoms with Crippen molar-refractivity contribution in [3.05, 3.63) is 71.3 Å². The fraction of sp³-hybridized carbons (Fsp3) is 0.500. The minimum atomic E-state index is 0.548. The highest BCUT2D eigenvalue weighted by Crippen LogP contribution is 2.60. The van der Waals surface area contributed by atoms with Crippen LogP contribution in [-0.2, 0) is 18.3 Å². The van der Waals surface area contributed by atoms with Crippen molar-refractivity contribution in [1.29, 1.82) is 0 Å². The highest BCUT2D eigenvalue weighted by Gasteiger charge is 2.51. The van der Waals surface area contributed by atoms with Crippen LogP contribution in [0, 0.1) is 17.8 Å². The van der Waals surface area contributed by atoms with Crippen LogP contribution < -0.4 is 0 Å². The number of hydrogen-bond acceptors (Lipinski definition) is 0. The topological polar surface area (TPSA) is 0 Å². The Labute approximate surface area is 146 Å². The first-order valence-corrected chi connectivity index (χ1v) is 9.92. The van der Waals surface area contributed by atoms with Gasteiger partial charge in [-0.3, -0.25) is 0 Å². The molecular formula is C24H28. The standard InChI is InChI=1S/C24H28/c1-2-4-18(5-3-1)6-7-19-8-10-23(11-9-19)24-15-20-12-21(16-24)14-22(13-20)17-24/h1-5,8-11,20-22H,6-7,12-17H2. The molecule has 4 bridgehead atoms. The Morgan fingerprint density at radius 3 is 1.67 bits per heavy atom. The SMILES string of the molecule is c1ccc(CCc2ccc(C34CC5CC(CC(C5)C3)C4)cc2)cc1. The van der Waals surface area contributed by atoms with Gasteiger partial charge in [0, 0.05) is 0 Å². The summed E-state index contributed by atoms with van der Waals surface area (Å²) in [4.78, 5) is 0. The van der Waals surface area contributed by atoms with Crippen LogP contribution in [0.4, 0.5) is 0 Å². The maximum Gasteiger partial charge on any atom is -0.00391 e. The van der Waals surface area contributed by atoms with Crippen LogP contribution in [0.25, 0.3) is 0 Å². The third-order valence-electron chi connectivity index (χ3n) is 7.15. The van der Waals surface area contributed by atoms with Gasteiger partial charge in [-0.25, -0.2) is 0 Å².